The van der Waals surface area contributed by atoms with Crippen LogP contribution in [0.3, 0.4) is 0 Å². The van der Waals surface area contributed by atoms with Crippen molar-refractivity contribution in [2.24, 2.45) is 5.73 Å². The highest BCUT2D eigenvalue weighted by Gasteiger charge is 2.31. The highest BCUT2D eigenvalue weighted by Crippen LogP contribution is 2.32. The highest BCUT2D eigenvalue weighted by molar-refractivity contribution is 5.47. The molecule has 0 unspecified atom stereocenters. The molecule has 1 atom stereocenters. The third-order valence-electron chi connectivity index (χ3n) is 1.84. The molecule has 0 heterocycles. The van der Waals surface area contributed by atoms with Gasteiger partial charge in [0.15, 0.2) is 0 Å². The molecule has 0 saturated heterocycles. The number of benzene rings is 1. The van der Waals surface area contributed by atoms with Crippen LogP contribution in [0.4, 0.5) is 18.9 Å². The summed E-state index contributed by atoms with van der Waals surface area (Å²) in [6, 6.07) is 2.20. The zero-order valence-electron chi connectivity index (χ0n) is 7.68. The Hall–Kier alpha value is -1.67. The van der Waals surface area contributed by atoms with Crippen LogP contribution in [0, 0.1) is 12.3 Å². The molecule has 15 heavy (non-hydrogen) atoms. The summed E-state index contributed by atoms with van der Waals surface area (Å²) >= 11 is 0. The van der Waals surface area contributed by atoms with Crippen LogP contribution in [-0.4, -0.2) is 0 Å². The van der Waals surface area contributed by atoms with Gasteiger partial charge in [-0.15, -0.1) is 6.42 Å². The lowest BCUT2D eigenvalue weighted by molar-refractivity contribution is -0.137. The number of alkyl halides is 3. The molecule has 0 bridgehead atoms. The van der Waals surface area contributed by atoms with Gasteiger partial charge in [-0.1, -0.05) is 5.92 Å². The predicted octanol–water partition coefficient (Wildman–Crippen LogP) is 1.92. The molecule has 2 nitrogen and oxygen atoms in total. The van der Waals surface area contributed by atoms with E-state index in [0.717, 1.165) is 12.1 Å². The number of nitrogens with two attached hydrogens (primary N) is 2. The van der Waals surface area contributed by atoms with Crippen molar-refractivity contribution in [3.8, 4) is 12.3 Å². The van der Waals surface area contributed by atoms with E-state index in [4.69, 9.17) is 17.9 Å². The van der Waals surface area contributed by atoms with Crippen LogP contribution in [0.2, 0.25) is 0 Å². The van der Waals surface area contributed by atoms with Crippen molar-refractivity contribution in [1.82, 2.24) is 0 Å². The molecule has 80 valence electrons. The fourth-order valence-electron chi connectivity index (χ4n) is 1.12. The van der Waals surface area contributed by atoms with Gasteiger partial charge in [0.1, 0.15) is 0 Å². The van der Waals surface area contributed by atoms with E-state index < -0.39 is 17.8 Å². The fraction of sp³-hybridized carbons (Fsp3) is 0.200. The third kappa shape index (κ3) is 2.64. The largest absolute Gasteiger partial charge is 0.416 e. The molecule has 0 fully saturated rings. The molecule has 4 N–H and O–H groups in total. The minimum atomic E-state index is -4.45. The second-order valence-electron chi connectivity index (χ2n) is 3.03. The van der Waals surface area contributed by atoms with Crippen molar-refractivity contribution in [3.05, 3.63) is 29.3 Å². The summed E-state index contributed by atoms with van der Waals surface area (Å²) < 4.78 is 37.1. The zero-order valence-corrected chi connectivity index (χ0v) is 7.68. The van der Waals surface area contributed by atoms with E-state index in [2.05, 4.69) is 5.92 Å². The summed E-state index contributed by atoms with van der Waals surface area (Å²) in [5, 5.41) is 0. The molecule has 0 spiro atoms. The lowest BCUT2D eigenvalue weighted by Gasteiger charge is -2.11. The molecule has 0 aliphatic carbocycles. The Morgan fingerprint density at radius 3 is 2.33 bits per heavy atom. The molecule has 1 rings (SSSR count). The monoisotopic (exact) mass is 214 g/mol. The van der Waals surface area contributed by atoms with Gasteiger partial charge < -0.3 is 11.5 Å². The first kappa shape index (κ1) is 11.4. The average molecular weight is 214 g/mol. The van der Waals surface area contributed by atoms with Gasteiger partial charge in [-0.3, -0.25) is 0 Å². The number of anilines is 1. The van der Waals surface area contributed by atoms with Crippen molar-refractivity contribution in [3.63, 3.8) is 0 Å². The van der Waals surface area contributed by atoms with Crippen molar-refractivity contribution in [1.29, 1.82) is 0 Å². The zero-order chi connectivity index (χ0) is 11.6. The second-order valence-corrected chi connectivity index (χ2v) is 3.03. The van der Waals surface area contributed by atoms with E-state index in [-0.39, 0.29) is 11.3 Å². The van der Waals surface area contributed by atoms with Crippen LogP contribution in [0.15, 0.2) is 18.2 Å². The van der Waals surface area contributed by atoms with Crippen molar-refractivity contribution in [2.75, 3.05) is 5.73 Å². The molecule has 0 saturated carbocycles. The molecule has 0 aliphatic heterocycles. The Labute approximate surface area is 85.1 Å². The topological polar surface area (TPSA) is 52.0 Å². The Morgan fingerprint density at radius 2 is 1.87 bits per heavy atom. The average Bonchev–Trinajstić information content (AvgIpc) is 2.14. The van der Waals surface area contributed by atoms with E-state index in [0.29, 0.717) is 0 Å². The standard InChI is InChI=1S/C10H9F3N2/c1-2-9(15)6-3-7(10(11,12)13)5-8(14)4-6/h1,3-5,9H,14-15H2/t9-/m1/s1. The van der Waals surface area contributed by atoms with Gasteiger partial charge in [0.05, 0.1) is 11.6 Å². The molecular weight excluding hydrogens is 205 g/mol. The highest BCUT2D eigenvalue weighted by atomic mass is 19.4. The lowest BCUT2D eigenvalue weighted by atomic mass is 10.0. The Morgan fingerprint density at radius 1 is 1.27 bits per heavy atom. The maximum absolute atomic E-state index is 12.4. The molecule has 1 aromatic rings. The van der Waals surface area contributed by atoms with E-state index in [1.165, 1.54) is 6.07 Å². The maximum atomic E-state index is 12.4. The van der Waals surface area contributed by atoms with E-state index in [9.17, 15) is 13.2 Å². The number of hydrogen-bond donors (Lipinski definition) is 2. The number of hydrogen-bond acceptors (Lipinski definition) is 2. The van der Waals surface area contributed by atoms with Gasteiger partial charge >= 0.3 is 6.18 Å². The van der Waals surface area contributed by atoms with Crippen LogP contribution in [-0.2, 0) is 6.18 Å². The summed E-state index contributed by atoms with van der Waals surface area (Å²) in [4.78, 5) is 0. The third-order valence-corrected chi connectivity index (χ3v) is 1.84. The van der Waals surface area contributed by atoms with Gasteiger partial charge in [0.25, 0.3) is 0 Å². The Bertz CT molecular complexity index is 404. The summed E-state index contributed by atoms with van der Waals surface area (Å²) in [6.07, 6.45) is 0.570. The summed E-state index contributed by atoms with van der Waals surface area (Å²) in [6.45, 7) is 0. The van der Waals surface area contributed by atoms with Crippen LogP contribution in [0.1, 0.15) is 17.2 Å². The summed E-state index contributed by atoms with van der Waals surface area (Å²) in [7, 11) is 0. The Balaban J connectivity index is 3.24. The van der Waals surface area contributed by atoms with Gasteiger partial charge in [-0.2, -0.15) is 13.2 Å². The number of halogens is 3. The summed E-state index contributed by atoms with van der Waals surface area (Å²) in [5.74, 6) is 2.14. The first-order valence-corrected chi connectivity index (χ1v) is 4.04. The first-order chi connectivity index (χ1) is 6.84. The fourth-order valence-corrected chi connectivity index (χ4v) is 1.12. The van der Waals surface area contributed by atoms with E-state index in [1.807, 2.05) is 0 Å². The normalized spacial score (nSPS) is 13.3. The second kappa shape index (κ2) is 3.83. The molecule has 0 aliphatic rings. The quantitative estimate of drug-likeness (QED) is 0.554. The van der Waals surface area contributed by atoms with Gasteiger partial charge in [-0.25, -0.2) is 0 Å². The number of rotatable bonds is 1. The molecule has 1 aromatic carbocycles. The van der Waals surface area contributed by atoms with Crippen LogP contribution in [0.5, 0.6) is 0 Å². The van der Waals surface area contributed by atoms with Crippen molar-refractivity contribution >= 4 is 5.69 Å². The van der Waals surface area contributed by atoms with Crippen LogP contribution in [0.25, 0.3) is 0 Å². The maximum Gasteiger partial charge on any atom is 0.416 e. The van der Waals surface area contributed by atoms with Gasteiger partial charge in [-0.05, 0) is 23.8 Å². The van der Waals surface area contributed by atoms with E-state index in [1.54, 1.807) is 0 Å². The van der Waals surface area contributed by atoms with Gasteiger partial charge in [0, 0.05) is 5.69 Å². The molecule has 0 aromatic heterocycles. The van der Waals surface area contributed by atoms with Crippen molar-refractivity contribution < 1.29 is 13.2 Å². The van der Waals surface area contributed by atoms with Crippen molar-refractivity contribution in [2.45, 2.75) is 12.2 Å². The predicted molar refractivity (Wildman–Crippen MR) is 51.6 cm³/mol. The van der Waals surface area contributed by atoms with Crippen LogP contribution < -0.4 is 11.5 Å². The number of nitrogen functional groups attached to an aromatic ring is 1. The van der Waals surface area contributed by atoms with Gasteiger partial charge in [0.2, 0.25) is 0 Å². The van der Waals surface area contributed by atoms with E-state index >= 15 is 0 Å². The SMILES string of the molecule is C#C[C@@H](N)c1cc(N)cc(C(F)(F)F)c1. The minimum absolute atomic E-state index is 0.00877. The lowest BCUT2D eigenvalue weighted by Crippen LogP contribution is -2.11. The molecular formula is C10H9F3N2. The first-order valence-electron chi connectivity index (χ1n) is 4.04. The number of terminal acetylenes is 1. The molecule has 0 radical (unpaired) electrons. The molecule has 0 amide bonds. The Kier molecular flexibility index (Phi) is 2.91. The smallest absolute Gasteiger partial charge is 0.399 e. The van der Waals surface area contributed by atoms with Crippen LogP contribution >= 0.6 is 0 Å². The minimum Gasteiger partial charge on any atom is -0.399 e. The molecule has 5 heteroatoms. The summed E-state index contributed by atoms with van der Waals surface area (Å²) in [5.41, 5.74) is 10.1.